The fourth-order valence-corrected chi connectivity index (χ4v) is 1.66. The summed E-state index contributed by atoms with van der Waals surface area (Å²) in [6.07, 6.45) is 2.15. The summed E-state index contributed by atoms with van der Waals surface area (Å²) in [5, 5.41) is 9.16. The number of fused-ring (bicyclic) bond motifs is 1. The number of H-pyrrole nitrogens is 1. The first-order valence-electron chi connectivity index (χ1n) is 4.79. The summed E-state index contributed by atoms with van der Waals surface area (Å²) in [4.78, 5) is 2.73. The summed E-state index contributed by atoms with van der Waals surface area (Å²) in [7, 11) is 0. The molecular formula is C11H11F2NO. The van der Waals surface area contributed by atoms with Gasteiger partial charge in [0.2, 0.25) is 0 Å². The molecule has 0 aliphatic heterocycles. The zero-order chi connectivity index (χ0) is 10.8. The molecular weight excluding hydrogens is 200 g/mol. The van der Waals surface area contributed by atoms with Crippen LogP contribution in [0.15, 0.2) is 18.3 Å². The van der Waals surface area contributed by atoms with E-state index < -0.39 is 11.6 Å². The molecule has 15 heavy (non-hydrogen) atoms. The lowest BCUT2D eigenvalue weighted by atomic mass is 10.1. The molecule has 2 nitrogen and oxygen atoms in total. The van der Waals surface area contributed by atoms with Crippen LogP contribution in [0.25, 0.3) is 10.9 Å². The number of benzene rings is 1. The lowest BCUT2D eigenvalue weighted by Crippen LogP contribution is -1.98. The van der Waals surface area contributed by atoms with Crippen molar-refractivity contribution >= 4 is 10.9 Å². The van der Waals surface area contributed by atoms with Gasteiger partial charge in [0.05, 0.1) is 5.52 Å². The molecule has 0 atom stereocenters. The SMILES string of the molecule is OCCCc1c(F)cc2cc[nH]c2c1F. The molecule has 2 N–H and O–H groups in total. The summed E-state index contributed by atoms with van der Waals surface area (Å²) in [5.74, 6) is -1.10. The van der Waals surface area contributed by atoms with E-state index in [4.69, 9.17) is 5.11 Å². The molecule has 2 rings (SSSR count). The molecule has 1 heterocycles. The van der Waals surface area contributed by atoms with E-state index >= 15 is 0 Å². The second-order valence-electron chi connectivity index (χ2n) is 3.42. The van der Waals surface area contributed by atoms with Crippen molar-refractivity contribution in [1.29, 1.82) is 0 Å². The quantitative estimate of drug-likeness (QED) is 0.803. The molecule has 0 aliphatic rings. The van der Waals surface area contributed by atoms with Crippen LogP contribution in [-0.4, -0.2) is 16.7 Å². The minimum Gasteiger partial charge on any atom is -0.396 e. The van der Waals surface area contributed by atoms with E-state index in [9.17, 15) is 8.78 Å². The molecule has 0 radical (unpaired) electrons. The van der Waals surface area contributed by atoms with Crippen LogP contribution in [0.2, 0.25) is 0 Å². The summed E-state index contributed by atoms with van der Waals surface area (Å²) < 4.78 is 27.2. The fourth-order valence-electron chi connectivity index (χ4n) is 1.66. The number of aromatic amines is 1. The van der Waals surface area contributed by atoms with Crippen molar-refractivity contribution in [3.8, 4) is 0 Å². The van der Waals surface area contributed by atoms with Gasteiger partial charge in [0.25, 0.3) is 0 Å². The van der Waals surface area contributed by atoms with Crippen molar-refractivity contribution in [2.45, 2.75) is 12.8 Å². The molecule has 0 aliphatic carbocycles. The second kappa shape index (κ2) is 3.98. The Morgan fingerprint density at radius 3 is 2.87 bits per heavy atom. The molecule has 0 fully saturated rings. The van der Waals surface area contributed by atoms with Crippen LogP contribution in [0.5, 0.6) is 0 Å². The average Bonchev–Trinajstić information content (AvgIpc) is 2.65. The van der Waals surface area contributed by atoms with Crippen molar-refractivity contribution in [3.63, 3.8) is 0 Å². The lowest BCUT2D eigenvalue weighted by Gasteiger charge is -2.04. The van der Waals surface area contributed by atoms with Crippen molar-refractivity contribution in [2.24, 2.45) is 0 Å². The number of nitrogens with one attached hydrogen (secondary N) is 1. The van der Waals surface area contributed by atoms with Crippen LogP contribution in [0, 0.1) is 11.6 Å². The number of aromatic nitrogens is 1. The topological polar surface area (TPSA) is 36.0 Å². The van der Waals surface area contributed by atoms with Gasteiger partial charge in [0, 0.05) is 23.8 Å². The minimum absolute atomic E-state index is 0.0407. The molecule has 0 saturated heterocycles. The van der Waals surface area contributed by atoms with Gasteiger partial charge in [-0.3, -0.25) is 0 Å². The van der Waals surface area contributed by atoms with Crippen LogP contribution in [0.3, 0.4) is 0 Å². The van der Waals surface area contributed by atoms with E-state index in [-0.39, 0.29) is 18.6 Å². The Bertz CT molecular complexity index is 479. The predicted octanol–water partition coefficient (Wildman–Crippen LogP) is 2.37. The van der Waals surface area contributed by atoms with Crippen molar-refractivity contribution in [3.05, 3.63) is 35.5 Å². The lowest BCUT2D eigenvalue weighted by molar-refractivity contribution is 0.287. The molecule has 4 heteroatoms. The van der Waals surface area contributed by atoms with Gasteiger partial charge in [-0.2, -0.15) is 0 Å². The standard InChI is InChI=1S/C11H11F2NO/c12-9-6-7-3-4-14-11(7)10(13)8(9)2-1-5-15/h3-4,6,14-15H,1-2,5H2. The monoisotopic (exact) mass is 211 g/mol. The average molecular weight is 211 g/mol. The maximum Gasteiger partial charge on any atom is 0.153 e. The first-order chi connectivity index (χ1) is 7.24. The number of aliphatic hydroxyl groups is 1. The molecule has 2 aromatic rings. The molecule has 0 bridgehead atoms. The Morgan fingerprint density at radius 2 is 2.13 bits per heavy atom. The maximum absolute atomic E-state index is 13.7. The van der Waals surface area contributed by atoms with Gasteiger partial charge in [-0.25, -0.2) is 8.78 Å². The van der Waals surface area contributed by atoms with Gasteiger partial charge in [-0.1, -0.05) is 0 Å². The highest BCUT2D eigenvalue weighted by Gasteiger charge is 2.13. The Hall–Kier alpha value is -1.42. The molecule has 0 spiro atoms. The highest BCUT2D eigenvalue weighted by molar-refractivity contribution is 5.80. The predicted molar refractivity (Wildman–Crippen MR) is 53.6 cm³/mol. The van der Waals surface area contributed by atoms with E-state index in [2.05, 4.69) is 4.98 Å². The Kier molecular flexibility index (Phi) is 2.68. The van der Waals surface area contributed by atoms with Gasteiger partial charge in [0.15, 0.2) is 5.82 Å². The molecule has 0 unspecified atom stereocenters. The third-order valence-electron chi connectivity index (χ3n) is 2.42. The third kappa shape index (κ3) is 1.72. The van der Waals surface area contributed by atoms with Crippen molar-refractivity contribution in [2.75, 3.05) is 6.61 Å². The molecule has 0 amide bonds. The number of aliphatic hydroxyl groups excluding tert-OH is 1. The van der Waals surface area contributed by atoms with Gasteiger partial charge in [0.1, 0.15) is 5.82 Å². The summed E-state index contributed by atoms with van der Waals surface area (Å²) in [5.41, 5.74) is 0.364. The largest absolute Gasteiger partial charge is 0.396 e. The molecule has 1 aromatic heterocycles. The van der Waals surface area contributed by atoms with Gasteiger partial charge < -0.3 is 10.1 Å². The number of hydrogen-bond acceptors (Lipinski definition) is 1. The highest BCUT2D eigenvalue weighted by atomic mass is 19.1. The van der Waals surface area contributed by atoms with E-state index in [1.165, 1.54) is 6.07 Å². The zero-order valence-electron chi connectivity index (χ0n) is 8.06. The third-order valence-corrected chi connectivity index (χ3v) is 2.42. The van der Waals surface area contributed by atoms with Gasteiger partial charge >= 0.3 is 0 Å². The smallest absolute Gasteiger partial charge is 0.153 e. The fraction of sp³-hybridized carbons (Fsp3) is 0.273. The summed E-state index contributed by atoms with van der Waals surface area (Å²) in [6, 6.07) is 2.93. The summed E-state index contributed by atoms with van der Waals surface area (Å²) >= 11 is 0. The van der Waals surface area contributed by atoms with Crippen LogP contribution in [0.1, 0.15) is 12.0 Å². The van der Waals surface area contributed by atoms with Crippen molar-refractivity contribution in [1.82, 2.24) is 4.98 Å². The van der Waals surface area contributed by atoms with Gasteiger partial charge in [-0.15, -0.1) is 0 Å². The maximum atomic E-state index is 13.7. The van der Waals surface area contributed by atoms with Crippen LogP contribution in [-0.2, 0) is 6.42 Å². The summed E-state index contributed by atoms with van der Waals surface area (Å²) in [6.45, 7) is -0.0678. The number of hydrogen-bond donors (Lipinski definition) is 2. The molecule has 1 aromatic carbocycles. The van der Waals surface area contributed by atoms with Crippen molar-refractivity contribution < 1.29 is 13.9 Å². The second-order valence-corrected chi connectivity index (χ2v) is 3.42. The van der Waals surface area contributed by atoms with E-state index in [1.807, 2.05) is 0 Å². The van der Waals surface area contributed by atoms with Crippen LogP contribution < -0.4 is 0 Å². The van der Waals surface area contributed by atoms with E-state index in [0.717, 1.165) is 0 Å². The first-order valence-corrected chi connectivity index (χ1v) is 4.79. The van der Waals surface area contributed by atoms with E-state index in [0.29, 0.717) is 17.3 Å². The Labute approximate surface area is 85.5 Å². The van der Waals surface area contributed by atoms with Crippen LogP contribution >= 0.6 is 0 Å². The Morgan fingerprint density at radius 1 is 1.33 bits per heavy atom. The highest BCUT2D eigenvalue weighted by Crippen LogP contribution is 2.23. The van der Waals surface area contributed by atoms with Crippen LogP contribution in [0.4, 0.5) is 8.78 Å². The Balaban J connectivity index is 2.52. The molecule has 80 valence electrons. The zero-order valence-corrected chi connectivity index (χ0v) is 8.06. The normalized spacial score (nSPS) is 11.1. The minimum atomic E-state index is -0.552. The molecule has 0 saturated carbocycles. The van der Waals surface area contributed by atoms with Gasteiger partial charge in [-0.05, 0) is 25.0 Å². The number of halogens is 2. The number of rotatable bonds is 3. The first kappa shape index (κ1) is 10.1. The van der Waals surface area contributed by atoms with E-state index in [1.54, 1.807) is 12.3 Å².